The molecule has 0 N–H and O–H groups in total. The molecule has 1 aliphatic heterocycles. The third-order valence-electron chi connectivity index (χ3n) is 5.02. The molecule has 188 valence electrons. The number of carbonyl (C=O) groups excluding carboxylic acids is 3. The summed E-state index contributed by atoms with van der Waals surface area (Å²) < 4.78 is 71.8. The number of imide groups is 1. The lowest BCUT2D eigenvalue weighted by atomic mass is 9.99. The Morgan fingerprint density at radius 3 is 1.97 bits per heavy atom. The van der Waals surface area contributed by atoms with Crippen molar-refractivity contribution in [1.82, 2.24) is 5.06 Å². The third-order valence-corrected chi connectivity index (χ3v) is 6.04. The van der Waals surface area contributed by atoms with E-state index in [0.29, 0.717) is 16.4 Å². The number of carbonyl (C=O) groups is 3. The smallest absolute Gasteiger partial charge is 0.497 e. The lowest BCUT2D eigenvalue weighted by molar-refractivity contribution is -0.197. The van der Waals surface area contributed by atoms with E-state index in [2.05, 4.69) is 4.18 Å². The Labute approximate surface area is 198 Å². The van der Waals surface area contributed by atoms with Crippen LogP contribution in [0.1, 0.15) is 42.1 Å². The van der Waals surface area contributed by atoms with E-state index < -0.39 is 39.5 Å². The number of amides is 2. The van der Waals surface area contributed by atoms with Crippen LogP contribution in [0.15, 0.2) is 48.5 Å². The molecule has 1 aliphatic rings. The fourth-order valence-electron chi connectivity index (χ4n) is 3.17. The van der Waals surface area contributed by atoms with Gasteiger partial charge in [0.2, 0.25) is 0 Å². The van der Waals surface area contributed by atoms with Crippen LogP contribution in [-0.2, 0) is 39.9 Å². The summed E-state index contributed by atoms with van der Waals surface area (Å²) in [6, 6.07) is 11.3. The SMILES string of the molecule is COc1ccc([C@@H](OS(=O)(=O)C(F)(F)F)c2ccc(CCC(=O)ON3C(=O)CCC3=O)cc2)cc1. The van der Waals surface area contributed by atoms with Gasteiger partial charge in [0.05, 0.1) is 13.5 Å². The lowest BCUT2D eigenvalue weighted by Crippen LogP contribution is -2.32. The number of rotatable bonds is 9. The van der Waals surface area contributed by atoms with Crippen LogP contribution in [0.2, 0.25) is 0 Å². The third kappa shape index (κ3) is 6.36. The average molecular weight is 515 g/mol. The van der Waals surface area contributed by atoms with E-state index in [-0.39, 0.29) is 36.8 Å². The molecule has 2 aromatic carbocycles. The maximum atomic E-state index is 13.0. The highest BCUT2D eigenvalue weighted by Crippen LogP contribution is 2.35. The summed E-state index contributed by atoms with van der Waals surface area (Å²) in [4.78, 5) is 39.7. The van der Waals surface area contributed by atoms with Crippen LogP contribution < -0.4 is 4.74 Å². The van der Waals surface area contributed by atoms with Crippen LogP contribution in [-0.4, -0.2) is 43.9 Å². The highest BCUT2D eigenvalue weighted by Gasteiger charge is 2.49. The fourth-order valence-corrected chi connectivity index (χ4v) is 3.76. The van der Waals surface area contributed by atoms with Gasteiger partial charge in [-0.05, 0) is 35.2 Å². The first kappa shape index (κ1) is 26.2. The maximum absolute atomic E-state index is 13.0. The molecule has 3 rings (SSSR count). The zero-order chi connectivity index (χ0) is 25.8. The Bertz CT molecular complexity index is 1180. The summed E-state index contributed by atoms with van der Waals surface area (Å²) in [5, 5.41) is 0.434. The van der Waals surface area contributed by atoms with Gasteiger partial charge in [0.1, 0.15) is 11.9 Å². The minimum atomic E-state index is -5.91. The Kier molecular flexibility index (Phi) is 7.80. The second-order valence-electron chi connectivity index (χ2n) is 7.44. The van der Waals surface area contributed by atoms with Crippen molar-refractivity contribution in [3.05, 3.63) is 65.2 Å². The Hall–Kier alpha value is -3.45. The molecule has 35 heavy (non-hydrogen) atoms. The van der Waals surface area contributed by atoms with Crippen LogP contribution in [0, 0.1) is 0 Å². The second kappa shape index (κ2) is 10.4. The molecule has 0 spiro atoms. The van der Waals surface area contributed by atoms with Crippen molar-refractivity contribution in [2.75, 3.05) is 7.11 Å². The van der Waals surface area contributed by atoms with E-state index in [1.807, 2.05) is 0 Å². The predicted octanol–water partition coefficient (Wildman–Crippen LogP) is 3.19. The molecule has 0 saturated carbocycles. The molecular weight excluding hydrogens is 495 g/mol. The quantitative estimate of drug-likeness (QED) is 0.284. The van der Waals surface area contributed by atoms with E-state index in [4.69, 9.17) is 9.57 Å². The molecule has 13 heteroatoms. The largest absolute Gasteiger partial charge is 0.523 e. The molecule has 0 aromatic heterocycles. The first-order chi connectivity index (χ1) is 16.4. The van der Waals surface area contributed by atoms with Gasteiger partial charge in [0.15, 0.2) is 0 Å². The maximum Gasteiger partial charge on any atom is 0.523 e. The van der Waals surface area contributed by atoms with Crippen LogP contribution >= 0.6 is 0 Å². The van der Waals surface area contributed by atoms with Crippen molar-refractivity contribution in [1.29, 1.82) is 0 Å². The summed E-state index contributed by atoms with van der Waals surface area (Å²) >= 11 is 0. The summed E-state index contributed by atoms with van der Waals surface area (Å²) in [5.41, 5.74) is -4.80. The van der Waals surface area contributed by atoms with Crippen LogP contribution in [0.5, 0.6) is 5.75 Å². The van der Waals surface area contributed by atoms with Gasteiger partial charge < -0.3 is 9.57 Å². The molecule has 1 saturated heterocycles. The molecule has 0 radical (unpaired) electrons. The number of alkyl halides is 3. The summed E-state index contributed by atoms with van der Waals surface area (Å²) in [7, 11) is -4.52. The molecule has 1 atom stereocenters. The zero-order valence-electron chi connectivity index (χ0n) is 18.3. The van der Waals surface area contributed by atoms with Crippen molar-refractivity contribution >= 4 is 27.9 Å². The summed E-state index contributed by atoms with van der Waals surface area (Å²) in [6.07, 6.45) is -1.72. The van der Waals surface area contributed by atoms with E-state index in [1.165, 1.54) is 55.6 Å². The predicted molar refractivity (Wildman–Crippen MR) is 113 cm³/mol. The average Bonchev–Trinajstić information content (AvgIpc) is 3.13. The van der Waals surface area contributed by atoms with E-state index in [1.54, 1.807) is 0 Å². The molecular formula is C22H20F3NO8S. The highest BCUT2D eigenvalue weighted by molar-refractivity contribution is 7.87. The lowest BCUT2D eigenvalue weighted by Gasteiger charge is -2.20. The zero-order valence-corrected chi connectivity index (χ0v) is 19.1. The number of hydrogen-bond acceptors (Lipinski definition) is 8. The normalized spacial score (nSPS) is 15.3. The van der Waals surface area contributed by atoms with Gasteiger partial charge >= 0.3 is 21.6 Å². The number of aryl methyl sites for hydroxylation is 1. The highest BCUT2D eigenvalue weighted by atomic mass is 32.2. The summed E-state index contributed by atoms with van der Waals surface area (Å²) in [5.74, 6) is -1.61. The van der Waals surface area contributed by atoms with Crippen molar-refractivity contribution in [2.45, 2.75) is 37.3 Å². The summed E-state index contributed by atoms with van der Waals surface area (Å²) in [6.45, 7) is 0. The number of hydroxylamine groups is 2. The minimum absolute atomic E-state index is 0.0327. The first-order valence-corrected chi connectivity index (χ1v) is 11.6. The molecule has 1 fully saturated rings. The van der Waals surface area contributed by atoms with Gasteiger partial charge in [-0.1, -0.05) is 36.4 Å². The number of nitrogens with zero attached hydrogens (tertiary/aromatic N) is 1. The molecule has 0 aliphatic carbocycles. The van der Waals surface area contributed by atoms with E-state index >= 15 is 0 Å². The van der Waals surface area contributed by atoms with Gasteiger partial charge in [-0.2, -0.15) is 21.6 Å². The number of hydrogen-bond donors (Lipinski definition) is 0. The van der Waals surface area contributed by atoms with Crippen molar-refractivity contribution < 1.29 is 49.7 Å². The topological polar surface area (TPSA) is 116 Å². The van der Waals surface area contributed by atoms with Crippen LogP contribution in [0.3, 0.4) is 0 Å². The standard InChI is InChI=1S/C22H20F3NO8S/c1-32-17-9-7-16(8-10-17)21(34-35(30,31)22(23,24)25)15-5-2-14(3-6-15)4-13-20(29)33-26-18(27)11-12-19(26)28/h2-3,5-10,21H,4,11-13H2,1H3/t21-/m0/s1. The molecule has 0 bridgehead atoms. The Morgan fingerprint density at radius 2 is 1.49 bits per heavy atom. The second-order valence-corrected chi connectivity index (χ2v) is 9.00. The molecule has 2 aromatic rings. The van der Waals surface area contributed by atoms with Gasteiger partial charge in [-0.3, -0.25) is 13.8 Å². The monoisotopic (exact) mass is 515 g/mol. The molecule has 0 unspecified atom stereocenters. The first-order valence-electron chi connectivity index (χ1n) is 10.2. The van der Waals surface area contributed by atoms with Crippen LogP contribution in [0.4, 0.5) is 13.2 Å². The van der Waals surface area contributed by atoms with Gasteiger partial charge in [0, 0.05) is 12.8 Å². The number of benzene rings is 2. The molecule has 9 nitrogen and oxygen atoms in total. The van der Waals surface area contributed by atoms with Gasteiger partial charge in [0.25, 0.3) is 11.8 Å². The Balaban J connectivity index is 1.74. The molecule has 1 heterocycles. The molecule has 2 amide bonds. The number of ether oxygens (including phenoxy) is 1. The number of methoxy groups -OCH3 is 1. The number of halogens is 3. The van der Waals surface area contributed by atoms with Crippen molar-refractivity contribution in [2.24, 2.45) is 0 Å². The van der Waals surface area contributed by atoms with Gasteiger partial charge in [-0.25, -0.2) is 4.79 Å². The van der Waals surface area contributed by atoms with E-state index in [0.717, 1.165) is 0 Å². The Morgan fingerprint density at radius 1 is 0.971 bits per heavy atom. The van der Waals surface area contributed by atoms with Crippen LogP contribution in [0.25, 0.3) is 0 Å². The van der Waals surface area contributed by atoms with Crippen molar-refractivity contribution in [3.8, 4) is 5.75 Å². The minimum Gasteiger partial charge on any atom is -0.497 e. The fraction of sp³-hybridized carbons (Fsp3) is 0.318. The van der Waals surface area contributed by atoms with E-state index in [9.17, 15) is 36.0 Å². The van der Waals surface area contributed by atoms with Gasteiger partial charge in [-0.15, -0.1) is 5.06 Å². The van der Waals surface area contributed by atoms with Crippen molar-refractivity contribution in [3.63, 3.8) is 0 Å².